The summed E-state index contributed by atoms with van der Waals surface area (Å²) >= 11 is 1.28. The van der Waals surface area contributed by atoms with Crippen LogP contribution in [0.2, 0.25) is 0 Å². The smallest absolute Gasteiger partial charge is 0.246 e. The molecule has 3 aromatic heterocycles. The van der Waals surface area contributed by atoms with Crippen LogP contribution in [0, 0.1) is 13.8 Å². The minimum absolute atomic E-state index is 0.125. The Labute approximate surface area is 159 Å². The first-order valence-corrected chi connectivity index (χ1v) is 10.5. The normalized spacial score (nSPS) is 17.3. The number of fused-ring (bicyclic) bond motifs is 1. The summed E-state index contributed by atoms with van der Waals surface area (Å²) in [6.07, 6.45) is 1.52. The Hall–Kier alpha value is -2.05. The lowest BCUT2D eigenvalue weighted by Gasteiger charge is -2.39. The van der Waals surface area contributed by atoms with E-state index in [9.17, 15) is 13.5 Å². The number of aliphatic hydroxyl groups is 1. The molecular weight excluding hydrogens is 390 g/mol. The van der Waals surface area contributed by atoms with E-state index in [1.165, 1.54) is 34.2 Å². The highest BCUT2D eigenvalue weighted by atomic mass is 32.2. The first-order valence-electron chi connectivity index (χ1n) is 8.27. The summed E-state index contributed by atoms with van der Waals surface area (Å²) in [4.78, 5) is 1.35. The van der Waals surface area contributed by atoms with Gasteiger partial charge in [0.2, 0.25) is 10.0 Å². The molecule has 11 heteroatoms. The SMILES string of the molecule is Cc1nnc2sc(C(O)NC3CN(S(=O)(=O)c4ccoc4)C3)c(N)c2c1C. The number of anilines is 1. The van der Waals surface area contributed by atoms with Crippen LogP contribution in [-0.2, 0) is 10.0 Å². The summed E-state index contributed by atoms with van der Waals surface area (Å²) in [5, 5.41) is 22.6. The number of nitrogens with two attached hydrogens (primary N) is 1. The van der Waals surface area contributed by atoms with Crippen LogP contribution < -0.4 is 11.1 Å². The summed E-state index contributed by atoms with van der Waals surface area (Å²) in [7, 11) is -3.55. The molecule has 1 aliphatic rings. The minimum Gasteiger partial charge on any atom is -0.471 e. The van der Waals surface area contributed by atoms with Gasteiger partial charge in [0, 0.05) is 24.5 Å². The summed E-state index contributed by atoms with van der Waals surface area (Å²) in [5.74, 6) is 0. The van der Waals surface area contributed by atoms with Gasteiger partial charge >= 0.3 is 0 Å². The number of hydrogen-bond acceptors (Lipinski definition) is 9. The largest absolute Gasteiger partial charge is 0.471 e. The van der Waals surface area contributed by atoms with E-state index in [0.29, 0.717) is 15.4 Å². The number of rotatable bonds is 5. The number of nitrogens with zero attached hydrogens (tertiary/aromatic N) is 3. The van der Waals surface area contributed by atoms with Gasteiger partial charge in [-0.05, 0) is 25.5 Å². The Kier molecular flexibility index (Phi) is 4.43. The average Bonchev–Trinajstić information content (AvgIpc) is 3.22. The molecule has 4 rings (SSSR count). The fourth-order valence-electron chi connectivity index (χ4n) is 3.05. The van der Waals surface area contributed by atoms with E-state index in [-0.39, 0.29) is 24.0 Å². The molecule has 0 amide bonds. The number of nitrogens with one attached hydrogen (secondary N) is 1. The van der Waals surface area contributed by atoms with Gasteiger partial charge in [-0.15, -0.1) is 16.4 Å². The Morgan fingerprint density at radius 3 is 2.81 bits per heavy atom. The topological polar surface area (TPSA) is 135 Å². The maximum Gasteiger partial charge on any atom is 0.246 e. The van der Waals surface area contributed by atoms with Crippen molar-refractivity contribution in [3.8, 4) is 0 Å². The van der Waals surface area contributed by atoms with Gasteiger partial charge in [0.25, 0.3) is 0 Å². The molecule has 1 aliphatic heterocycles. The van der Waals surface area contributed by atoms with Crippen LogP contribution in [-0.4, -0.2) is 47.2 Å². The van der Waals surface area contributed by atoms with E-state index in [4.69, 9.17) is 10.2 Å². The second kappa shape index (κ2) is 6.53. The van der Waals surface area contributed by atoms with Crippen LogP contribution >= 0.6 is 11.3 Å². The Bertz CT molecular complexity index is 1090. The quantitative estimate of drug-likeness (QED) is 0.534. The van der Waals surface area contributed by atoms with E-state index in [1.807, 2.05) is 13.8 Å². The summed E-state index contributed by atoms with van der Waals surface area (Å²) in [6, 6.07) is 1.23. The Morgan fingerprint density at radius 1 is 1.41 bits per heavy atom. The van der Waals surface area contributed by atoms with Crippen molar-refractivity contribution in [1.82, 2.24) is 19.8 Å². The average molecular weight is 409 g/mol. The Balaban J connectivity index is 1.47. The molecule has 1 unspecified atom stereocenters. The van der Waals surface area contributed by atoms with Gasteiger partial charge in [-0.25, -0.2) is 8.42 Å². The van der Waals surface area contributed by atoms with Crippen molar-refractivity contribution in [2.24, 2.45) is 0 Å². The summed E-state index contributed by atoms with van der Waals surface area (Å²) in [5.41, 5.74) is 8.44. The lowest BCUT2D eigenvalue weighted by Crippen LogP contribution is -2.60. The molecule has 0 saturated carbocycles. The zero-order valence-corrected chi connectivity index (χ0v) is 16.3. The van der Waals surface area contributed by atoms with Crippen LogP contribution in [0.4, 0.5) is 5.69 Å². The van der Waals surface area contributed by atoms with Gasteiger partial charge in [0.05, 0.1) is 22.5 Å². The number of aliphatic hydroxyl groups excluding tert-OH is 1. The van der Waals surface area contributed by atoms with Gasteiger partial charge in [0.1, 0.15) is 22.2 Å². The number of sulfonamides is 1. The molecule has 4 N–H and O–H groups in total. The minimum atomic E-state index is -3.55. The maximum absolute atomic E-state index is 12.4. The van der Waals surface area contributed by atoms with Gasteiger partial charge in [0.15, 0.2) is 0 Å². The predicted octanol–water partition coefficient (Wildman–Crippen LogP) is 1.14. The molecule has 144 valence electrons. The van der Waals surface area contributed by atoms with E-state index >= 15 is 0 Å². The lowest BCUT2D eigenvalue weighted by atomic mass is 10.1. The third-order valence-corrected chi connectivity index (χ3v) is 7.73. The van der Waals surface area contributed by atoms with Crippen LogP contribution in [0.5, 0.6) is 0 Å². The fraction of sp³-hybridized carbons (Fsp3) is 0.375. The molecule has 3 aromatic rings. The van der Waals surface area contributed by atoms with E-state index in [1.54, 1.807) is 0 Å². The van der Waals surface area contributed by atoms with E-state index < -0.39 is 16.3 Å². The van der Waals surface area contributed by atoms with Crippen LogP contribution in [0.3, 0.4) is 0 Å². The molecule has 9 nitrogen and oxygen atoms in total. The van der Waals surface area contributed by atoms with Crippen molar-refractivity contribution in [3.63, 3.8) is 0 Å². The molecule has 0 aliphatic carbocycles. The van der Waals surface area contributed by atoms with Gasteiger partial charge in [-0.1, -0.05) is 0 Å². The highest BCUT2D eigenvalue weighted by molar-refractivity contribution is 7.89. The van der Waals surface area contributed by atoms with Gasteiger partial charge < -0.3 is 15.3 Å². The third kappa shape index (κ3) is 3.01. The molecule has 1 atom stereocenters. The predicted molar refractivity (Wildman–Crippen MR) is 101 cm³/mol. The number of thiophene rings is 1. The second-order valence-corrected chi connectivity index (χ2v) is 9.49. The second-order valence-electron chi connectivity index (χ2n) is 6.52. The van der Waals surface area contributed by atoms with Crippen molar-refractivity contribution in [2.75, 3.05) is 18.8 Å². The van der Waals surface area contributed by atoms with E-state index in [0.717, 1.165) is 16.6 Å². The fourth-order valence-corrected chi connectivity index (χ4v) is 5.55. The number of furan rings is 1. The van der Waals surface area contributed by atoms with Crippen molar-refractivity contribution in [2.45, 2.75) is 31.0 Å². The first-order chi connectivity index (χ1) is 12.8. The maximum atomic E-state index is 12.4. The molecule has 0 spiro atoms. The molecule has 1 saturated heterocycles. The monoisotopic (exact) mass is 409 g/mol. The number of aromatic nitrogens is 2. The van der Waals surface area contributed by atoms with Crippen molar-refractivity contribution in [3.05, 3.63) is 34.7 Å². The first kappa shape index (κ1) is 18.3. The van der Waals surface area contributed by atoms with Gasteiger partial charge in [-0.2, -0.15) is 9.40 Å². The summed E-state index contributed by atoms with van der Waals surface area (Å²) < 4.78 is 30.9. The molecule has 27 heavy (non-hydrogen) atoms. The van der Waals surface area contributed by atoms with Crippen molar-refractivity contribution < 1.29 is 17.9 Å². The highest BCUT2D eigenvalue weighted by Gasteiger charge is 2.38. The molecule has 0 bridgehead atoms. The number of aryl methyl sites for hydroxylation is 2. The van der Waals surface area contributed by atoms with Crippen LogP contribution in [0.1, 0.15) is 22.4 Å². The highest BCUT2D eigenvalue weighted by Crippen LogP contribution is 2.38. The van der Waals surface area contributed by atoms with Crippen LogP contribution in [0.25, 0.3) is 10.2 Å². The zero-order valence-electron chi connectivity index (χ0n) is 14.7. The standard InChI is InChI=1S/C16H19N5O4S2/c1-8-9(2)19-20-16-12(8)13(17)14(26-16)15(22)18-10-5-21(6-10)27(23,24)11-3-4-25-7-11/h3-4,7,10,15,18,22H,5-6,17H2,1-2H3. The van der Waals surface area contributed by atoms with Gasteiger partial charge in [-0.3, -0.25) is 5.32 Å². The van der Waals surface area contributed by atoms with Crippen LogP contribution in [0.15, 0.2) is 27.9 Å². The molecular formula is C16H19N5O4S2. The molecule has 0 aromatic carbocycles. The molecule has 1 fully saturated rings. The Morgan fingerprint density at radius 2 is 2.15 bits per heavy atom. The zero-order chi connectivity index (χ0) is 19.3. The molecule has 0 radical (unpaired) electrons. The van der Waals surface area contributed by atoms with Crippen molar-refractivity contribution in [1.29, 1.82) is 0 Å². The molecule has 4 heterocycles. The number of nitrogen functional groups attached to an aromatic ring is 1. The van der Waals surface area contributed by atoms with E-state index in [2.05, 4.69) is 15.5 Å². The van der Waals surface area contributed by atoms with Crippen molar-refractivity contribution >= 4 is 37.3 Å². The third-order valence-electron chi connectivity index (χ3n) is 4.79. The lowest BCUT2D eigenvalue weighted by molar-refractivity contribution is 0.0922. The number of hydrogen-bond donors (Lipinski definition) is 3. The summed E-state index contributed by atoms with van der Waals surface area (Å²) in [6.45, 7) is 4.29.